The Morgan fingerprint density at radius 1 is 1.00 bits per heavy atom. The van der Waals surface area contributed by atoms with Crippen LogP contribution in [0.4, 0.5) is 0 Å². The summed E-state index contributed by atoms with van der Waals surface area (Å²) in [6.07, 6.45) is 0. The normalized spacial score (nSPS) is 0. The van der Waals surface area contributed by atoms with Crippen molar-refractivity contribution in [3.05, 3.63) is 0 Å². The van der Waals surface area contributed by atoms with Gasteiger partial charge in [-0.3, -0.25) is 0 Å². The van der Waals surface area contributed by atoms with Crippen LogP contribution in [-0.2, 0) is 27.2 Å². The van der Waals surface area contributed by atoms with Crippen LogP contribution in [0.2, 0.25) is 0 Å². The van der Waals surface area contributed by atoms with Crippen LogP contribution in [-0.4, -0.2) is 49.8 Å². The molecule has 0 unspecified atom stereocenters. The molecule has 4 heavy (non-hydrogen) atoms. The third-order valence-electron chi connectivity index (χ3n) is 0. The first kappa shape index (κ1) is 33.0. The SMILES string of the molecule is [In+3].[O-2].[Sn+4].[Ti+4]. The minimum Gasteiger partial charge on any atom is -2.00 e. The van der Waals surface area contributed by atoms with Gasteiger partial charge in [-0.05, 0) is 0 Å². The van der Waals surface area contributed by atoms with Gasteiger partial charge >= 0.3 is 71.5 Å². The van der Waals surface area contributed by atoms with Crippen molar-refractivity contribution >= 4 is 49.8 Å². The van der Waals surface area contributed by atoms with E-state index in [1.807, 2.05) is 0 Å². The first-order valence-electron chi connectivity index (χ1n) is 0. The fourth-order valence-corrected chi connectivity index (χ4v) is 0. The number of hydrogen-bond donors (Lipinski definition) is 0. The molecule has 0 radical (unpaired) electrons. The van der Waals surface area contributed by atoms with Gasteiger partial charge in [-0.2, -0.15) is 0 Å². The van der Waals surface area contributed by atoms with E-state index >= 15 is 0 Å². The Hall–Kier alpha value is 2.34. The predicted octanol–water partition coefficient (Wildman–Crippen LogP) is -0.883. The largest absolute Gasteiger partial charge is 4.00 e. The van der Waals surface area contributed by atoms with E-state index in [0.29, 0.717) is 0 Å². The summed E-state index contributed by atoms with van der Waals surface area (Å²) in [4.78, 5) is 0. The summed E-state index contributed by atoms with van der Waals surface area (Å²) in [6.45, 7) is 0. The van der Waals surface area contributed by atoms with Crippen molar-refractivity contribution in [2.24, 2.45) is 0 Å². The van der Waals surface area contributed by atoms with E-state index in [-0.39, 0.29) is 76.9 Å². The van der Waals surface area contributed by atoms with Crippen LogP contribution >= 0.6 is 0 Å². The summed E-state index contributed by atoms with van der Waals surface area (Å²) in [6, 6.07) is 0. The summed E-state index contributed by atoms with van der Waals surface area (Å²) < 4.78 is 0. The summed E-state index contributed by atoms with van der Waals surface area (Å²) in [7, 11) is 0. The second kappa shape index (κ2) is 18.4. The average molecular weight is 297 g/mol. The molecule has 0 aliphatic heterocycles. The molecule has 0 spiro atoms. The van der Waals surface area contributed by atoms with Crippen LogP contribution in [0, 0.1) is 0 Å². The van der Waals surface area contributed by atoms with Crippen LogP contribution in [0.25, 0.3) is 0 Å². The molecule has 0 aliphatic rings. The van der Waals surface area contributed by atoms with E-state index in [1.165, 1.54) is 0 Å². The Morgan fingerprint density at radius 2 is 1.00 bits per heavy atom. The molecule has 4 heteroatoms. The van der Waals surface area contributed by atoms with Crippen molar-refractivity contribution in [1.82, 2.24) is 0 Å². The molecule has 0 fully saturated rings. The van der Waals surface area contributed by atoms with Crippen molar-refractivity contribution in [2.75, 3.05) is 0 Å². The van der Waals surface area contributed by atoms with Crippen LogP contribution in [0.15, 0.2) is 0 Å². The summed E-state index contributed by atoms with van der Waals surface area (Å²) in [5, 5.41) is 0. The summed E-state index contributed by atoms with van der Waals surface area (Å²) in [5.41, 5.74) is 0. The maximum absolute atomic E-state index is 0. The summed E-state index contributed by atoms with van der Waals surface area (Å²) >= 11 is 0. The van der Waals surface area contributed by atoms with Crippen LogP contribution in [0.1, 0.15) is 0 Å². The van der Waals surface area contributed by atoms with E-state index in [4.69, 9.17) is 0 Å². The Balaban J connectivity index is 0. The molecule has 0 rings (SSSR count). The van der Waals surface area contributed by atoms with Crippen LogP contribution in [0.5, 0.6) is 0 Å². The van der Waals surface area contributed by atoms with Gasteiger partial charge in [-0.25, -0.2) is 0 Å². The predicted molar refractivity (Wildman–Crippen MR) is 12.2 cm³/mol. The third-order valence-corrected chi connectivity index (χ3v) is 0. The average Bonchev–Trinajstić information content (AvgIpc) is 0. The molecule has 0 amide bonds. The molecule has 0 aromatic heterocycles. The van der Waals surface area contributed by atoms with Gasteiger partial charge in [-0.1, -0.05) is 0 Å². The first-order valence-corrected chi connectivity index (χ1v) is 0. The molecule has 0 atom stereocenters. The van der Waals surface area contributed by atoms with E-state index in [9.17, 15) is 0 Å². The van der Waals surface area contributed by atoms with E-state index in [0.717, 1.165) is 0 Å². The molecule has 8 valence electrons. The summed E-state index contributed by atoms with van der Waals surface area (Å²) in [5.74, 6) is 0. The molecule has 0 aromatic carbocycles. The van der Waals surface area contributed by atoms with Crippen molar-refractivity contribution in [2.45, 2.75) is 0 Å². The molecule has 0 N–H and O–H groups in total. The van der Waals surface area contributed by atoms with Crippen LogP contribution in [0.3, 0.4) is 0 Å². The van der Waals surface area contributed by atoms with E-state index in [2.05, 4.69) is 0 Å². The standard InChI is InChI=1S/In.O.Sn.Ti/q+3;-2;2*+4. The van der Waals surface area contributed by atoms with Gasteiger partial charge in [0.15, 0.2) is 0 Å². The second-order valence-electron chi connectivity index (χ2n) is 0. The minimum atomic E-state index is 0. The molecule has 0 saturated heterocycles. The molecular formula is InOSnTi+9. The fourth-order valence-electron chi connectivity index (χ4n) is 0. The zero-order valence-corrected chi connectivity index (χ0v) is 9.70. The molecule has 0 saturated carbocycles. The minimum absolute atomic E-state index is 0. The van der Waals surface area contributed by atoms with Crippen molar-refractivity contribution < 1.29 is 27.2 Å². The topological polar surface area (TPSA) is 28.5 Å². The number of rotatable bonds is 0. The van der Waals surface area contributed by atoms with E-state index < -0.39 is 0 Å². The van der Waals surface area contributed by atoms with Gasteiger partial charge in [-0.15, -0.1) is 0 Å². The molecule has 0 heterocycles. The van der Waals surface area contributed by atoms with Crippen molar-refractivity contribution in [3.8, 4) is 0 Å². The number of hydrogen-bond acceptors (Lipinski definition) is 0. The van der Waals surface area contributed by atoms with Crippen molar-refractivity contribution in [3.63, 3.8) is 0 Å². The van der Waals surface area contributed by atoms with Gasteiger partial charge in [0.2, 0.25) is 0 Å². The Bertz CT molecular complexity index is 8.00. The maximum Gasteiger partial charge on any atom is 4.00 e. The van der Waals surface area contributed by atoms with Crippen molar-refractivity contribution in [1.29, 1.82) is 0 Å². The quantitative estimate of drug-likeness (QED) is 0.520. The molecule has 0 bridgehead atoms. The molecule has 0 aliphatic carbocycles. The zero-order chi connectivity index (χ0) is 0. The van der Waals surface area contributed by atoms with Gasteiger partial charge in [0, 0.05) is 0 Å². The smallest absolute Gasteiger partial charge is 2.00 e. The molecule has 1 nitrogen and oxygen atoms in total. The Labute approximate surface area is 75.8 Å². The Kier molecular flexibility index (Phi) is 151. The van der Waals surface area contributed by atoms with Gasteiger partial charge in [0.1, 0.15) is 0 Å². The fraction of sp³-hybridized carbons (Fsp3) is 0. The van der Waals surface area contributed by atoms with Crippen LogP contribution < -0.4 is 0 Å². The van der Waals surface area contributed by atoms with Gasteiger partial charge < -0.3 is 5.48 Å². The zero-order valence-electron chi connectivity index (χ0n) is 1.99. The third kappa shape index (κ3) is 8.84. The Morgan fingerprint density at radius 3 is 1.00 bits per heavy atom. The molecule has 0 aromatic rings. The maximum atomic E-state index is 0. The second-order valence-corrected chi connectivity index (χ2v) is 0. The first-order chi connectivity index (χ1) is 0. The van der Waals surface area contributed by atoms with Gasteiger partial charge in [0.05, 0.1) is 0 Å². The van der Waals surface area contributed by atoms with E-state index in [1.54, 1.807) is 0 Å². The van der Waals surface area contributed by atoms with Gasteiger partial charge in [0.25, 0.3) is 0 Å². The monoisotopic (exact) mass is 299 g/mol. The molecular weight excluding hydrogens is 297 g/mol.